The van der Waals surface area contributed by atoms with Crippen LogP contribution in [0.3, 0.4) is 0 Å². The van der Waals surface area contributed by atoms with Gasteiger partial charge in [0, 0.05) is 12.1 Å². The highest BCUT2D eigenvalue weighted by Gasteiger charge is 2.04. The summed E-state index contributed by atoms with van der Waals surface area (Å²) in [5.41, 5.74) is 6.15. The van der Waals surface area contributed by atoms with Crippen LogP contribution in [-0.4, -0.2) is 6.10 Å². The summed E-state index contributed by atoms with van der Waals surface area (Å²) >= 11 is 0. The van der Waals surface area contributed by atoms with E-state index in [0.29, 0.717) is 17.9 Å². The van der Waals surface area contributed by atoms with Gasteiger partial charge in [-0.25, -0.2) is 4.39 Å². The van der Waals surface area contributed by atoms with E-state index in [9.17, 15) is 4.39 Å². The third-order valence-electron chi connectivity index (χ3n) is 1.61. The van der Waals surface area contributed by atoms with Crippen LogP contribution in [0.25, 0.3) is 0 Å². The predicted octanol–water partition coefficient (Wildman–Crippen LogP) is 2.07. The molecule has 1 aromatic rings. The van der Waals surface area contributed by atoms with Gasteiger partial charge < -0.3 is 10.5 Å². The molecule has 72 valence electrons. The minimum absolute atomic E-state index is 0.0794. The summed E-state index contributed by atoms with van der Waals surface area (Å²) in [6.45, 7) is 4.13. The van der Waals surface area contributed by atoms with Crippen molar-refractivity contribution < 1.29 is 9.13 Å². The molecule has 13 heavy (non-hydrogen) atoms. The molecule has 0 bridgehead atoms. The summed E-state index contributed by atoms with van der Waals surface area (Å²) in [6, 6.07) is 4.38. The van der Waals surface area contributed by atoms with E-state index in [1.165, 1.54) is 12.1 Å². The van der Waals surface area contributed by atoms with Gasteiger partial charge in [-0.3, -0.25) is 0 Å². The number of benzene rings is 1. The summed E-state index contributed by atoms with van der Waals surface area (Å²) < 4.78 is 18.2. The standard InChI is InChI=1S/C10H14FNO/c1-7(2)13-10-4-3-9(11)5-8(10)6-12/h3-5,7H,6,12H2,1-2H3. The predicted molar refractivity (Wildman–Crippen MR) is 50.1 cm³/mol. The van der Waals surface area contributed by atoms with Gasteiger partial charge in [-0.05, 0) is 32.0 Å². The smallest absolute Gasteiger partial charge is 0.124 e. The zero-order chi connectivity index (χ0) is 9.84. The van der Waals surface area contributed by atoms with Crippen LogP contribution in [0, 0.1) is 5.82 Å². The Morgan fingerprint density at radius 1 is 1.46 bits per heavy atom. The number of rotatable bonds is 3. The SMILES string of the molecule is CC(C)Oc1ccc(F)cc1CN. The van der Waals surface area contributed by atoms with E-state index in [0.717, 1.165) is 0 Å². The van der Waals surface area contributed by atoms with E-state index in [4.69, 9.17) is 10.5 Å². The van der Waals surface area contributed by atoms with Gasteiger partial charge in [-0.1, -0.05) is 0 Å². The summed E-state index contributed by atoms with van der Waals surface area (Å²) in [5, 5.41) is 0. The number of halogens is 1. The van der Waals surface area contributed by atoms with Crippen molar-refractivity contribution in [3.05, 3.63) is 29.6 Å². The van der Waals surface area contributed by atoms with E-state index >= 15 is 0 Å². The molecule has 0 aliphatic heterocycles. The van der Waals surface area contributed by atoms with Crippen molar-refractivity contribution in [2.45, 2.75) is 26.5 Å². The molecule has 0 saturated carbocycles. The Balaban J connectivity index is 2.92. The Hall–Kier alpha value is -1.09. The van der Waals surface area contributed by atoms with Crippen molar-refractivity contribution in [3.8, 4) is 5.75 Å². The number of ether oxygens (including phenoxy) is 1. The van der Waals surface area contributed by atoms with E-state index in [1.54, 1.807) is 6.07 Å². The average Bonchev–Trinajstić information content (AvgIpc) is 2.07. The Kier molecular flexibility index (Phi) is 3.25. The van der Waals surface area contributed by atoms with E-state index in [2.05, 4.69) is 0 Å². The zero-order valence-corrected chi connectivity index (χ0v) is 7.88. The van der Waals surface area contributed by atoms with Crippen LogP contribution in [0.5, 0.6) is 5.75 Å². The topological polar surface area (TPSA) is 35.2 Å². The molecule has 0 spiro atoms. The summed E-state index contributed by atoms with van der Waals surface area (Å²) in [6.07, 6.45) is 0.0794. The van der Waals surface area contributed by atoms with E-state index in [1.807, 2.05) is 13.8 Å². The molecular formula is C10H14FNO. The Morgan fingerprint density at radius 3 is 2.69 bits per heavy atom. The second-order valence-corrected chi connectivity index (χ2v) is 3.12. The van der Waals surface area contributed by atoms with Gasteiger partial charge in [0.25, 0.3) is 0 Å². The lowest BCUT2D eigenvalue weighted by molar-refractivity contribution is 0.239. The number of nitrogens with two attached hydrogens (primary N) is 1. The van der Waals surface area contributed by atoms with Crippen LogP contribution in [-0.2, 0) is 6.54 Å². The number of hydrogen-bond acceptors (Lipinski definition) is 2. The molecule has 0 fully saturated rings. The lowest BCUT2D eigenvalue weighted by atomic mass is 10.2. The zero-order valence-electron chi connectivity index (χ0n) is 7.88. The van der Waals surface area contributed by atoms with Crippen molar-refractivity contribution in [2.75, 3.05) is 0 Å². The molecule has 0 saturated heterocycles. The second-order valence-electron chi connectivity index (χ2n) is 3.12. The first-order valence-electron chi connectivity index (χ1n) is 4.28. The third-order valence-corrected chi connectivity index (χ3v) is 1.61. The third kappa shape index (κ3) is 2.70. The first kappa shape index (κ1) is 9.99. The van der Waals surface area contributed by atoms with Crippen molar-refractivity contribution in [2.24, 2.45) is 5.73 Å². The lowest BCUT2D eigenvalue weighted by Crippen LogP contribution is -2.09. The fourth-order valence-corrected chi connectivity index (χ4v) is 1.08. The molecule has 0 aromatic heterocycles. The van der Waals surface area contributed by atoms with Crippen molar-refractivity contribution in [1.82, 2.24) is 0 Å². The molecule has 0 aliphatic carbocycles. The molecule has 2 nitrogen and oxygen atoms in total. The van der Waals surface area contributed by atoms with Crippen LogP contribution in [0.15, 0.2) is 18.2 Å². The molecule has 0 radical (unpaired) electrons. The highest BCUT2D eigenvalue weighted by Crippen LogP contribution is 2.20. The molecule has 1 rings (SSSR count). The van der Waals surface area contributed by atoms with Crippen LogP contribution in [0.2, 0.25) is 0 Å². The molecule has 0 unspecified atom stereocenters. The molecule has 3 heteroatoms. The second kappa shape index (κ2) is 4.23. The normalized spacial score (nSPS) is 10.5. The summed E-state index contributed by atoms with van der Waals surface area (Å²) in [7, 11) is 0. The molecule has 0 amide bonds. The first-order chi connectivity index (χ1) is 6.13. The largest absolute Gasteiger partial charge is 0.491 e. The fraction of sp³-hybridized carbons (Fsp3) is 0.400. The monoisotopic (exact) mass is 183 g/mol. The van der Waals surface area contributed by atoms with Crippen molar-refractivity contribution in [3.63, 3.8) is 0 Å². The highest BCUT2D eigenvalue weighted by atomic mass is 19.1. The van der Waals surface area contributed by atoms with Crippen LogP contribution < -0.4 is 10.5 Å². The van der Waals surface area contributed by atoms with Gasteiger partial charge in [0.2, 0.25) is 0 Å². The average molecular weight is 183 g/mol. The first-order valence-corrected chi connectivity index (χ1v) is 4.28. The van der Waals surface area contributed by atoms with Crippen LogP contribution in [0.4, 0.5) is 4.39 Å². The van der Waals surface area contributed by atoms with Gasteiger partial charge in [0.05, 0.1) is 6.10 Å². The van der Waals surface area contributed by atoms with Gasteiger partial charge >= 0.3 is 0 Å². The minimum atomic E-state index is -0.281. The Labute approximate surface area is 77.5 Å². The van der Waals surface area contributed by atoms with Gasteiger partial charge in [0.15, 0.2) is 0 Å². The van der Waals surface area contributed by atoms with E-state index < -0.39 is 0 Å². The minimum Gasteiger partial charge on any atom is -0.491 e. The molecular weight excluding hydrogens is 169 g/mol. The Bertz CT molecular complexity index is 286. The van der Waals surface area contributed by atoms with Gasteiger partial charge in [0.1, 0.15) is 11.6 Å². The molecule has 0 aliphatic rings. The fourth-order valence-electron chi connectivity index (χ4n) is 1.08. The van der Waals surface area contributed by atoms with Crippen LogP contribution >= 0.6 is 0 Å². The van der Waals surface area contributed by atoms with Crippen molar-refractivity contribution in [1.29, 1.82) is 0 Å². The highest BCUT2D eigenvalue weighted by molar-refractivity contribution is 5.33. The molecule has 0 heterocycles. The quantitative estimate of drug-likeness (QED) is 0.778. The summed E-state index contributed by atoms with van der Waals surface area (Å²) in [5.74, 6) is 0.385. The molecule has 1 aromatic carbocycles. The van der Waals surface area contributed by atoms with E-state index in [-0.39, 0.29) is 11.9 Å². The van der Waals surface area contributed by atoms with Gasteiger partial charge in [-0.2, -0.15) is 0 Å². The van der Waals surface area contributed by atoms with Crippen molar-refractivity contribution >= 4 is 0 Å². The lowest BCUT2D eigenvalue weighted by Gasteiger charge is -2.12. The summed E-state index contributed by atoms with van der Waals surface area (Å²) in [4.78, 5) is 0. The van der Waals surface area contributed by atoms with Crippen LogP contribution in [0.1, 0.15) is 19.4 Å². The molecule has 2 N–H and O–H groups in total. The maximum absolute atomic E-state index is 12.8. The van der Waals surface area contributed by atoms with Gasteiger partial charge in [-0.15, -0.1) is 0 Å². The Morgan fingerprint density at radius 2 is 2.15 bits per heavy atom. The maximum Gasteiger partial charge on any atom is 0.124 e. The maximum atomic E-state index is 12.8. The number of hydrogen-bond donors (Lipinski definition) is 1. The molecule has 0 atom stereocenters.